The zero-order valence-electron chi connectivity index (χ0n) is 14.5. The summed E-state index contributed by atoms with van der Waals surface area (Å²) in [5.41, 5.74) is 2.47. The predicted octanol–water partition coefficient (Wildman–Crippen LogP) is 4.99. The van der Waals surface area contributed by atoms with Gasteiger partial charge in [0.05, 0.1) is 0 Å². The summed E-state index contributed by atoms with van der Waals surface area (Å²) in [6, 6.07) is 3.56. The van der Waals surface area contributed by atoms with E-state index in [4.69, 9.17) is 10.7 Å². The Bertz CT molecular complexity index is 791. The zero-order chi connectivity index (χ0) is 17.6. The molecule has 0 unspecified atom stereocenters. The van der Waals surface area contributed by atoms with Gasteiger partial charge in [0.15, 0.2) is 8.24 Å². The Morgan fingerprint density at radius 3 is 2.04 bits per heavy atom. The third kappa shape index (κ3) is 2.96. The van der Waals surface area contributed by atoms with Crippen molar-refractivity contribution < 1.29 is 8.42 Å². The molecule has 2 aromatic rings. The second-order valence-corrected chi connectivity index (χ2v) is 15.3. The number of hydrogen-bond acceptors (Lipinski definition) is 3. The van der Waals surface area contributed by atoms with Crippen molar-refractivity contribution in [3.63, 3.8) is 0 Å². The fourth-order valence-corrected chi connectivity index (χ4v) is 11.5. The standard InChI is InChI=1S/C16H25ClN2O2SSi/c1-11(2)23(12(3)4,13(5)6)19-8-7-14-9-15(22(17,20)21)10-18-16(14)19/h7-13H,1-6H3. The van der Waals surface area contributed by atoms with Gasteiger partial charge in [-0.3, -0.25) is 0 Å². The molecule has 2 rings (SSSR count). The normalized spacial score (nSPS) is 13.7. The maximum Gasteiger partial charge on any atom is 0.262 e. The summed E-state index contributed by atoms with van der Waals surface area (Å²) in [5, 5.41) is 0.825. The third-order valence-electron chi connectivity index (χ3n) is 4.97. The van der Waals surface area contributed by atoms with Gasteiger partial charge in [-0.05, 0) is 35.0 Å². The van der Waals surface area contributed by atoms with Crippen molar-refractivity contribution in [3.05, 3.63) is 24.5 Å². The summed E-state index contributed by atoms with van der Waals surface area (Å²) >= 11 is 0. The van der Waals surface area contributed by atoms with E-state index in [0.717, 1.165) is 11.0 Å². The monoisotopic (exact) mass is 372 g/mol. The molecule has 0 atom stereocenters. The van der Waals surface area contributed by atoms with Crippen LogP contribution < -0.4 is 0 Å². The van der Waals surface area contributed by atoms with Crippen LogP contribution in [0.15, 0.2) is 29.4 Å². The molecule has 23 heavy (non-hydrogen) atoms. The molecule has 0 aliphatic carbocycles. The van der Waals surface area contributed by atoms with Crippen LogP contribution in [0.4, 0.5) is 0 Å². The van der Waals surface area contributed by atoms with Crippen LogP contribution in [-0.4, -0.2) is 25.9 Å². The lowest BCUT2D eigenvalue weighted by Crippen LogP contribution is -2.51. The summed E-state index contributed by atoms with van der Waals surface area (Å²) in [4.78, 5) is 4.51. The Morgan fingerprint density at radius 1 is 1.09 bits per heavy atom. The van der Waals surface area contributed by atoms with Gasteiger partial charge in [0, 0.05) is 22.3 Å². The Balaban J connectivity index is 2.76. The Kier molecular flexibility index (Phi) is 5.00. The third-order valence-corrected chi connectivity index (χ3v) is 13.0. The van der Waals surface area contributed by atoms with E-state index in [0.29, 0.717) is 16.6 Å². The van der Waals surface area contributed by atoms with Crippen LogP contribution in [0.25, 0.3) is 11.0 Å². The molecule has 0 radical (unpaired) electrons. The topological polar surface area (TPSA) is 52.0 Å². The molecule has 0 aromatic carbocycles. The Morgan fingerprint density at radius 2 is 1.61 bits per heavy atom. The molecule has 0 spiro atoms. The molecule has 0 aliphatic rings. The van der Waals surface area contributed by atoms with Crippen molar-refractivity contribution in [1.29, 1.82) is 0 Å². The molecule has 0 amide bonds. The quantitative estimate of drug-likeness (QED) is 0.548. The molecule has 2 aromatic heterocycles. The summed E-state index contributed by atoms with van der Waals surface area (Å²) < 4.78 is 25.4. The van der Waals surface area contributed by atoms with E-state index in [1.807, 2.05) is 6.07 Å². The average molecular weight is 373 g/mol. The van der Waals surface area contributed by atoms with Crippen LogP contribution in [0.3, 0.4) is 0 Å². The molecule has 0 saturated carbocycles. The highest BCUT2D eigenvalue weighted by Gasteiger charge is 2.45. The number of hydrogen-bond donors (Lipinski definition) is 0. The second-order valence-electron chi connectivity index (χ2n) is 7.06. The van der Waals surface area contributed by atoms with Gasteiger partial charge in [-0.2, -0.15) is 0 Å². The van der Waals surface area contributed by atoms with Crippen molar-refractivity contribution in [1.82, 2.24) is 9.22 Å². The number of pyridine rings is 1. The number of rotatable bonds is 5. The van der Waals surface area contributed by atoms with Crippen LogP contribution in [0.2, 0.25) is 16.6 Å². The first-order valence-corrected chi connectivity index (χ1v) is 12.4. The highest BCUT2D eigenvalue weighted by molar-refractivity contribution is 8.13. The van der Waals surface area contributed by atoms with Crippen molar-refractivity contribution in [2.45, 2.75) is 63.1 Å². The molecule has 128 valence electrons. The van der Waals surface area contributed by atoms with E-state index in [1.54, 1.807) is 6.07 Å². The maximum absolute atomic E-state index is 11.5. The fourth-order valence-electron chi connectivity index (χ4n) is 4.28. The Labute approximate surface area is 144 Å². The SMILES string of the molecule is CC(C)[Si](C(C)C)(C(C)C)n1ccc2cc(S(=O)(=O)Cl)cnc21. The van der Waals surface area contributed by atoms with E-state index in [1.165, 1.54) is 6.20 Å². The summed E-state index contributed by atoms with van der Waals surface area (Å²) in [6.07, 6.45) is 3.44. The lowest BCUT2D eigenvalue weighted by atomic mass is 10.3. The molecular formula is C16H25ClN2O2SSi. The average Bonchev–Trinajstić information content (AvgIpc) is 2.80. The van der Waals surface area contributed by atoms with Gasteiger partial charge in [-0.25, -0.2) is 13.4 Å². The highest BCUT2D eigenvalue weighted by Crippen LogP contribution is 2.44. The van der Waals surface area contributed by atoms with Crippen molar-refractivity contribution in [2.24, 2.45) is 0 Å². The predicted molar refractivity (Wildman–Crippen MR) is 99.2 cm³/mol. The van der Waals surface area contributed by atoms with E-state index in [2.05, 4.69) is 57.0 Å². The van der Waals surface area contributed by atoms with Crippen molar-refractivity contribution >= 4 is 39.0 Å². The van der Waals surface area contributed by atoms with Gasteiger partial charge in [0.1, 0.15) is 10.5 Å². The van der Waals surface area contributed by atoms with Gasteiger partial charge in [0.25, 0.3) is 9.05 Å². The van der Waals surface area contributed by atoms with Gasteiger partial charge in [-0.15, -0.1) is 0 Å². The number of nitrogens with zero attached hydrogens (tertiary/aromatic N) is 2. The van der Waals surface area contributed by atoms with Crippen LogP contribution in [0.1, 0.15) is 41.5 Å². The first-order valence-electron chi connectivity index (χ1n) is 7.95. The summed E-state index contributed by atoms with van der Waals surface area (Å²) in [6.45, 7) is 13.7. The smallest absolute Gasteiger partial charge is 0.262 e. The summed E-state index contributed by atoms with van der Waals surface area (Å²) in [7, 11) is -0.224. The highest BCUT2D eigenvalue weighted by atomic mass is 35.7. The molecule has 0 saturated heterocycles. The largest absolute Gasteiger partial charge is 0.359 e. The van der Waals surface area contributed by atoms with Crippen LogP contribution in [0, 0.1) is 0 Å². The molecule has 0 N–H and O–H groups in total. The number of halogens is 1. The molecule has 0 fully saturated rings. The molecule has 4 nitrogen and oxygen atoms in total. The number of fused-ring (bicyclic) bond motifs is 1. The zero-order valence-corrected chi connectivity index (χ0v) is 17.1. The first-order chi connectivity index (χ1) is 10.5. The van der Waals surface area contributed by atoms with Gasteiger partial charge < -0.3 is 4.23 Å². The van der Waals surface area contributed by atoms with Crippen LogP contribution in [-0.2, 0) is 9.05 Å². The van der Waals surface area contributed by atoms with E-state index in [9.17, 15) is 8.42 Å². The van der Waals surface area contributed by atoms with E-state index >= 15 is 0 Å². The Hall–Kier alpha value is -0.853. The van der Waals surface area contributed by atoms with E-state index in [-0.39, 0.29) is 4.90 Å². The van der Waals surface area contributed by atoms with E-state index < -0.39 is 17.3 Å². The summed E-state index contributed by atoms with van der Waals surface area (Å²) in [5.74, 6) is 0. The minimum Gasteiger partial charge on any atom is -0.359 e. The second kappa shape index (κ2) is 6.22. The lowest BCUT2D eigenvalue weighted by Gasteiger charge is -2.44. The molecule has 0 aliphatic heterocycles. The minimum atomic E-state index is -3.76. The number of aromatic nitrogens is 2. The van der Waals surface area contributed by atoms with Crippen LogP contribution in [0.5, 0.6) is 0 Å². The van der Waals surface area contributed by atoms with Gasteiger partial charge >= 0.3 is 0 Å². The molecule has 7 heteroatoms. The molecule has 0 bridgehead atoms. The maximum atomic E-state index is 11.5. The molecule has 2 heterocycles. The van der Waals surface area contributed by atoms with Gasteiger partial charge in [-0.1, -0.05) is 41.5 Å². The van der Waals surface area contributed by atoms with Gasteiger partial charge in [0.2, 0.25) is 0 Å². The first kappa shape index (κ1) is 18.5. The fraction of sp³-hybridized carbons (Fsp3) is 0.562. The van der Waals surface area contributed by atoms with Crippen LogP contribution >= 0.6 is 10.7 Å². The minimum absolute atomic E-state index is 0.0512. The lowest BCUT2D eigenvalue weighted by molar-refractivity contribution is 0.609. The molecular weight excluding hydrogens is 348 g/mol. The van der Waals surface area contributed by atoms with Crippen molar-refractivity contribution in [3.8, 4) is 0 Å². The van der Waals surface area contributed by atoms with Crippen molar-refractivity contribution in [2.75, 3.05) is 0 Å².